The highest BCUT2D eigenvalue weighted by Gasteiger charge is 2.08. The van der Waals surface area contributed by atoms with Crippen LogP contribution in [0, 0.1) is 0 Å². The second-order valence-corrected chi connectivity index (χ2v) is 3.58. The van der Waals surface area contributed by atoms with Crippen molar-refractivity contribution in [1.82, 2.24) is 0 Å². The van der Waals surface area contributed by atoms with Crippen molar-refractivity contribution in [1.29, 1.82) is 0 Å². The van der Waals surface area contributed by atoms with Crippen LogP contribution in [0.1, 0.15) is 6.92 Å². The molecule has 0 rings (SSSR count). The molecule has 0 aromatic rings. The number of aliphatic carboxylic acids is 1. The van der Waals surface area contributed by atoms with Gasteiger partial charge in [-0.2, -0.15) is 0 Å². The highest BCUT2D eigenvalue weighted by atomic mass is 79.9. The van der Waals surface area contributed by atoms with Crippen molar-refractivity contribution in [3.63, 3.8) is 0 Å². The molecule has 0 bridgehead atoms. The van der Waals surface area contributed by atoms with Crippen molar-refractivity contribution in [2.45, 2.75) is 11.8 Å². The Kier molecular flexibility index (Phi) is 6.52. The molecule has 0 aliphatic rings. The van der Waals surface area contributed by atoms with Gasteiger partial charge in [0, 0.05) is 0 Å². The van der Waals surface area contributed by atoms with Gasteiger partial charge in [0.05, 0.1) is 19.2 Å². The number of hydrogen-bond acceptors (Lipinski definition) is 5. The predicted molar refractivity (Wildman–Crippen MR) is 45.2 cm³/mol. The van der Waals surface area contributed by atoms with Gasteiger partial charge >= 0.3 is 5.97 Å². The van der Waals surface area contributed by atoms with E-state index in [9.17, 15) is 14.7 Å². The first-order chi connectivity index (χ1) is 6.04. The molecule has 0 aliphatic carbocycles. The molecule has 13 heavy (non-hydrogen) atoms. The summed E-state index contributed by atoms with van der Waals surface area (Å²) in [6.45, 7) is 1.24. The van der Waals surface area contributed by atoms with E-state index in [4.69, 9.17) is 0 Å². The minimum Gasteiger partial charge on any atom is -0.548 e. The Hall–Kier alpha value is -0.620. The molecule has 0 aromatic heterocycles. The van der Waals surface area contributed by atoms with Crippen LogP contribution in [0.3, 0.4) is 0 Å². The normalized spacial score (nSPS) is 12.2. The molecule has 0 saturated heterocycles. The van der Waals surface area contributed by atoms with Crippen molar-refractivity contribution < 1.29 is 24.2 Å². The summed E-state index contributed by atoms with van der Waals surface area (Å²) < 4.78 is 9.23. The number of hydrogen-bond donors (Lipinski definition) is 0. The van der Waals surface area contributed by atoms with Gasteiger partial charge in [0.2, 0.25) is 0 Å². The Bertz CT molecular complexity index is 180. The maximum atomic E-state index is 10.8. The number of carboxylic acid groups (broad SMARTS) is 1. The predicted octanol–water partition coefficient (Wildman–Crippen LogP) is -0.920. The summed E-state index contributed by atoms with van der Waals surface area (Å²) in [5.41, 5.74) is 0. The smallest absolute Gasteiger partial charge is 0.319 e. The molecule has 0 aromatic carbocycles. The van der Waals surface area contributed by atoms with Crippen LogP contribution in [0.15, 0.2) is 0 Å². The minimum absolute atomic E-state index is 0.0437. The molecule has 0 N–H and O–H groups in total. The van der Waals surface area contributed by atoms with Crippen molar-refractivity contribution in [3.05, 3.63) is 0 Å². The third-order valence-corrected chi connectivity index (χ3v) is 1.39. The van der Waals surface area contributed by atoms with Crippen molar-refractivity contribution >= 4 is 27.9 Å². The van der Waals surface area contributed by atoms with Crippen LogP contribution in [0.4, 0.5) is 0 Å². The summed E-state index contributed by atoms with van der Waals surface area (Å²) in [6.07, 6.45) is 0. The van der Waals surface area contributed by atoms with E-state index in [0.717, 1.165) is 0 Å². The molecule has 76 valence electrons. The van der Waals surface area contributed by atoms with E-state index in [-0.39, 0.29) is 18.0 Å². The lowest BCUT2D eigenvalue weighted by Gasteiger charge is -2.07. The van der Waals surface area contributed by atoms with Gasteiger partial charge in [0.1, 0.15) is 11.4 Å². The Labute approximate surface area is 84.1 Å². The Morgan fingerprint density at radius 1 is 1.46 bits per heavy atom. The Balaban J connectivity index is 3.26. The Morgan fingerprint density at radius 3 is 2.54 bits per heavy atom. The molecule has 6 heteroatoms. The average molecular weight is 254 g/mol. The largest absolute Gasteiger partial charge is 0.548 e. The maximum absolute atomic E-state index is 10.8. The number of halogens is 1. The lowest BCUT2D eigenvalue weighted by atomic mass is 10.5. The zero-order chi connectivity index (χ0) is 10.3. The molecular weight excluding hydrogens is 244 g/mol. The molecule has 0 saturated carbocycles. The molecular formula is C7H10BrO5-. The molecule has 0 heterocycles. The first-order valence-corrected chi connectivity index (χ1v) is 4.54. The standard InChI is InChI=1S/C7H11BrO5/c1-5(8)7(11)13-3-2-12-4-6(9)10/h5H,2-4H2,1H3,(H,9,10)/p-1. The fourth-order valence-electron chi connectivity index (χ4n) is 0.472. The van der Waals surface area contributed by atoms with Crippen LogP contribution < -0.4 is 5.11 Å². The van der Waals surface area contributed by atoms with Gasteiger partial charge in [-0.15, -0.1) is 0 Å². The molecule has 1 atom stereocenters. The summed E-state index contributed by atoms with van der Waals surface area (Å²) in [5, 5.41) is 9.85. The van der Waals surface area contributed by atoms with Crippen LogP contribution in [-0.4, -0.2) is 36.6 Å². The summed E-state index contributed by atoms with van der Waals surface area (Å²) in [7, 11) is 0. The van der Waals surface area contributed by atoms with Crippen LogP contribution in [0.5, 0.6) is 0 Å². The minimum atomic E-state index is -1.29. The van der Waals surface area contributed by atoms with Crippen LogP contribution >= 0.6 is 15.9 Å². The first-order valence-electron chi connectivity index (χ1n) is 3.62. The SMILES string of the molecule is CC(Br)C(=O)OCCOCC(=O)[O-]. The number of carbonyl (C=O) groups excluding carboxylic acids is 2. The van der Waals surface area contributed by atoms with Crippen molar-refractivity contribution in [3.8, 4) is 0 Å². The molecule has 0 amide bonds. The molecule has 0 radical (unpaired) electrons. The van der Waals surface area contributed by atoms with Gasteiger partial charge < -0.3 is 19.4 Å². The fraction of sp³-hybridized carbons (Fsp3) is 0.714. The third kappa shape index (κ3) is 7.73. The first kappa shape index (κ1) is 12.4. The highest BCUT2D eigenvalue weighted by molar-refractivity contribution is 9.10. The van der Waals surface area contributed by atoms with E-state index in [1.165, 1.54) is 0 Å². The van der Waals surface area contributed by atoms with Gasteiger partial charge in [-0.3, -0.25) is 4.79 Å². The quantitative estimate of drug-likeness (QED) is 0.348. The zero-order valence-electron chi connectivity index (χ0n) is 7.12. The van der Waals surface area contributed by atoms with Gasteiger partial charge in [-0.25, -0.2) is 0 Å². The van der Waals surface area contributed by atoms with Crippen molar-refractivity contribution in [2.24, 2.45) is 0 Å². The van der Waals surface area contributed by atoms with Crippen molar-refractivity contribution in [2.75, 3.05) is 19.8 Å². The lowest BCUT2D eigenvalue weighted by molar-refractivity contribution is -0.309. The number of rotatable bonds is 6. The Morgan fingerprint density at radius 2 is 2.08 bits per heavy atom. The lowest BCUT2D eigenvalue weighted by Crippen LogP contribution is -2.28. The maximum Gasteiger partial charge on any atom is 0.319 e. The van der Waals surface area contributed by atoms with E-state index in [0.29, 0.717) is 0 Å². The molecule has 0 spiro atoms. The van der Waals surface area contributed by atoms with E-state index >= 15 is 0 Å². The monoisotopic (exact) mass is 253 g/mol. The van der Waals surface area contributed by atoms with E-state index in [1.807, 2.05) is 0 Å². The second-order valence-electron chi connectivity index (χ2n) is 2.21. The van der Waals surface area contributed by atoms with Gasteiger partial charge in [0.15, 0.2) is 0 Å². The second kappa shape index (κ2) is 6.85. The summed E-state index contributed by atoms with van der Waals surface area (Å²) in [6, 6.07) is 0. The summed E-state index contributed by atoms with van der Waals surface area (Å²) >= 11 is 3.01. The fourth-order valence-corrected chi connectivity index (χ4v) is 0.604. The van der Waals surface area contributed by atoms with Crippen LogP contribution in [0.25, 0.3) is 0 Å². The number of esters is 1. The average Bonchev–Trinajstić information content (AvgIpc) is 2.02. The van der Waals surface area contributed by atoms with E-state index < -0.39 is 18.5 Å². The van der Waals surface area contributed by atoms with Gasteiger partial charge in [-0.1, -0.05) is 15.9 Å². The number of ether oxygens (including phenoxy) is 2. The molecule has 5 nitrogen and oxygen atoms in total. The van der Waals surface area contributed by atoms with E-state index in [2.05, 4.69) is 25.4 Å². The van der Waals surface area contributed by atoms with Gasteiger partial charge in [0.25, 0.3) is 0 Å². The third-order valence-electron chi connectivity index (χ3n) is 1.02. The highest BCUT2D eigenvalue weighted by Crippen LogP contribution is 1.99. The summed E-state index contributed by atoms with van der Waals surface area (Å²) in [5.74, 6) is -1.70. The van der Waals surface area contributed by atoms with E-state index in [1.54, 1.807) is 6.92 Å². The molecule has 0 aliphatic heterocycles. The zero-order valence-corrected chi connectivity index (χ0v) is 8.70. The van der Waals surface area contributed by atoms with Gasteiger partial charge in [-0.05, 0) is 6.92 Å². The topological polar surface area (TPSA) is 75.7 Å². The summed E-state index contributed by atoms with van der Waals surface area (Å²) in [4.78, 5) is 20.3. The van der Waals surface area contributed by atoms with Crippen LogP contribution in [-0.2, 0) is 19.1 Å². The number of carboxylic acids is 1. The van der Waals surface area contributed by atoms with Crippen LogP contribution in [0.2, 0.25) is 0 Å². The number of alkyl halides is 1. The molecule has 1 unspecified atom stereocenters. The number of carbonyl (C=O) groups is 2. The molecule has 0 fully saturated rings.